The van der Waals surface area contributed by atoms with Crippen LogP contribution in [-0.2, 0) is 19.4 Å². The molecule has 3 rings (SSSR count). The predicted octanol–water partition coefficient (Wildman–Crippen LogP) is 3.09. The third-order valence-corrected chi connectivity index (χ3v) is 7.32. The number of para-hydroxylation sites is 1. The van der Waals surface area contributed by atoms with E-state index in [9.17, 15) is 41.2 Å². The summed E-state index contributed by atoms with van der Waals surface area (Å²) in [5.41, 5.74) is -1.16. The number of rotatable bonds is 11. The van der Waals surface area contributed by atoms with E-state index in [2.05, 4.69) is 10.1 Å². The van der Waals surface area contributed by atoms with Crippen LogP contribution < -0.4 is 14.8 Å². The zero-order chi connectivity index (χ0) is 28.3. The monoisotopic (exact) mass is 559 g/mol. The maximum absolute atomic E-state index is 13.3. The minimum atomic E-state index is -4.89. The summed E-state index contributed by atoms with van der Waals surface area (Å²) < 4.78 is 73.0. The fourth-order valence-electron chi connectivity index (χ4n) is 3.65. The minimum Gasteiger partial charge on any atom is -0.456 e. The maximum Gasteiger partial charge on any atom is 0.573 e. The first-order chi connectivity index (χ1) is 17.6. The lowest BCUT2D eigenvalue weighted by Gasteiger charge is -2.25. The first-order valence-electron chi connectivity index (χ1n) is 11.0. The summed E-state index contributed by atoms with van der Waals surface area (Å²) in [5.74, 6) is -2.00. The second-order valence-electron chi connectivity index (χ2n) is 8.79. The number of nitrogens with one attached hydrogen (secondary N) is 1. The SMILES string of the molecule is CC1(C)NC(=O)N(CCC(CS(=O)(=O)c2ccccc2Oc2ccc(OC(F)(F)F)cc2)N(O)C=O)C1=O. The van der Waals surface area contributed by atoms with Crippen LogP contribution in [0.25, 0.3) is 0 Å². The molecule has 0 bridgehead atoms. The fourth-order valence-corrected chi connectivity index (χ4v) is 5.36. The zero-order valence-corrected chi connectivity index (χ0v) is 21.0. The smallest absolute Gasteiger partial charge is 0.456 e. The Morgan fingerprint density at radius 3 is 2.26 bits per heavy atom. The Hall–Kier alpha value is -3.85. The number of sulfone groups is 1. The summed E-state index contributed by atoms with van der Waals surface area (Å²) in [6.07, 6.45) is -5.14. The molecule has 206 valence electrons. The van der Waals surface area contributed by atoms with Crippen molar-refractivity contribution in [2.24, 2.45) is 0 Å². The average molecular weight is 560 g/mol. The van der Waals surface area contributed by atoms with E-state index in [-0.39, 0.29) is 40.8 Å². The van der Waals surface area contributed by atoms with Gasteiger partial charge in [0.15, 0.2) is 9.84 Å². The molecular weight excluding hydrogens is 535 g/mol. The third-order valence-electron chi connectivity index (χ3n) is 5.49. The molecule has 0 saturated carbocycles. The molecule has 11 nitrogen and oxygen atoms in total. The van der Waals surface area contributed by atoms with Gasteiger partial charge in [-0.05, 0) is 56.7 Å². The van der Waals surface area contributed by atoms with Gasteiger partial charge in [-0.25, -0.2) is 18.3 Å². The highest BCUT2D eigenvalue weighted by molar-refractivity contribution is 7.91. The molecule has 0 aromatic heterocycles. The van der Waals surface area contributed by atoms with Gasteiger partial charge < -0.3 is 14.8 Å². The summed E-state index contributed by atoms with van der Waals surface area (Å²) in [4.78, 5) is 36.3. The van der Waals surface area contributed by atoms with Crippen molar-refractivity contribution in [3.05, 3.63) is 48.5 Å². The van der Waals surface area contributed by atoms with Gasteiger partial charge in [0.05, 0.1) is 11.8 Å². The van der Waals surface area contributed by atoms with Crippen LogP contribution in [0.4, 0.5) is 18.0 Å². The number of hydrogen-bond acceptors (Lipinski definition) is 8. The number of hydroxylamine groups is 2. The molecule has 1 unspecified atom stereocenters. The standard InChI is InChI=1S/C23H24F3N3O8S/c1-22(2)20(31)28(21(32)27-22)12-11-15(29(33)14-30)13-38(34,35)19-6-4-3-5-18(19)36-16-7-9-17(10-8-16)37-23(24,25)26/h3-10,14-15,33H,11-13H2,1-2H3,(H,27,32). The molecule has 1 fully saturated rings. The van der Waals surface area contributed by atoms with Crippen molar-refractivity contribution in [2.45, 2.75) is 43.1 Å². The van der Waals surface area contributed by atoms with Crippen LogP contribution in [0, 0.1) is 0 Å². The topological polar surface area (TPSA) is 143 Å². The van der Waals surface area contributed by atoms with Gasteiger partial charge in [-0.15, -0.1) is 13.2 Å². The van der Waals surface area contributed by atoms with Gasteiger partial charge >= 0.3 is 12.4 Å². The van der Waals surface area contributed by atoms with Gasteiger partial charge in [0.25, 0.3) is 5.91 Å². The zero-order valence-electron chi connectivity index (χ0n) is 20.1. The van der Waals surface area contributed by atoms with E-state index >= 15 is 0 Å². The Balaban J connectivity index is 1.78. The van der Waals surface area contributed by atoms with E-state index in [0.717, 1.165) is 29.2 Å². The number of ether oxygens (including phenoxy) is 2. The van der Waals surface area contributed by atoms with Gasteiger partial charge in [0, 0.05) is 6.54 Å². The largest absolute Gasteiger partial charge is 0.573 e. The Labute approximate surface area is 215 Å². The molecule has 0 radical (unpaired) electrons. The first-order valence-corrected chi connectivity index (χ1v) is 12.7. The van der Waals surface area contributed by atoms with Crippen LogP contribution in [0.15, 0.2) is 53.4 Å². The second kappa shape index (κ2) is 10.9. The van der Waals surface area contributed by atoms with E-state index in [4.69, 9.17) is 4.74 Å². The molecule has 4 amide bonds. The molecule has 0 spiro atoms. The number of benzene rings is 2. The highest BCUT2D eigenvalue weighted by Crippen LogP contribution is 2.32. The number of alkyl halides is 3. The highest BCUT2D eigenvalue weighted by Gasteiger charge is 2.44. The summed E-state index contributed by atoms with van der Waals surface area (Å²) in [7, 11) is -4.26. The van der Waals surface area contributed by atoms with Crippen molar-refractivity contribution < 1.29 is 50.7 Å². The Bertz CT molecular complexity index is 1300. The van der Waals surface area contributed by atoms with E-state index in [1.165, 1.54) is 38.1 Å². The van der Waals surface area contributed by atoms with Crippen LogP contribution in [-0.4, -0.2) is 72.2 Å². The van der Waals surface area contributed by atoms with Gasteiger partial charge in [0.2, 0.25) is 6.41 Å². The number of carbonyl (C=O) groups is 3. The molecule has 1 aliphatic heterocycles. The number of urea groups is 1. The lowest BCUT2D eigenvalue weighted by atomic mass is 10.1. The van der Waals surface area contributed by atoms with E-state index in [1.807, 2.05) is 0 Å². The minimum absolute atomic E-state index is 0.00295. The lowest BCUT2D eigenvalue weighted by molar-refractivity contribution is -0.274. The number of nitrogens with zero attached hydrogens (tertiary/aromatic N) is 2. The lowest BCUT2D eigenvalue weighted by Crippen LogP contribution is -2.42. The molecule has 0 aliphatic carbocycles. The molecule has 1 aliphatic rings. The molecule has 1 heterocycles. The number of imide groups is 1. The van der Waals surface area contributed by atoms with Crippen molar-refractivity contribution in [3.8, 4) is 17.2 Å². The van der Waals surface area contributed by atoms with Crippen LogP contribution in [0.1, 0.15) is 20.3 Å². The summed E-state index contributed by atoms with van der Waals surface area (Å²) in [6, 6.07) is 7.64. The van der Waals surface area contributed by atoms with Crippen LogP contribution in [0.5, 0.6) is 17.2 Å². The first kappa shape index (κ1) is 28.7. The third kappa shape index (κ3) is 6.92. The summed E-state index contributed by atoms with van der Waals surface area (Å²) in [6.45, 7) is 2.71. The van der Waals surface area contributed by atoms with Gasteiger partial charge in [-0.2, -0.15) is 0 Å². The molecular formula is C23H24F3N3O8S. The Morgan fingerprint density at radius 1 is 1.11 bits per heavy atom. The normalized spacial score (nSPS) is 16.1. The molecule has 2 aromatic rings. The second-order valence-corrected chi connectivity index (χ2v) is 10.8. The van der Waals surface area contributed by atoms with Crippen LogP contribution >= 0.6 is 0 Å². The predicted molar refractivity (Wildman–Crippen MR) is 124 cm³/mol. The quantitative estimate of drug-likeness (QED) is 0.185. The van der Waals surface area contributed by atoms with Crippen LogP contribution in [0.2, 0.25) is 0 Å². The van der Waals surface area contributed by atoms with Crippen molar-refractivity contribution in [1.29, 1.82) is 0 Å². The Morgan fingerprint density at radius 2 is 1.71 bits per heavy atom. The highest BCUT2D eigenvalue weighted by atomic mass is 32.2. The maximum atomic E-state index is 13.3. The number of amides is 4. The van der Waals surface area contributed by atoms with Gasteiger partial charge in [-0.3, -0.25) is 19.7 Å². The number of carbonyl (C=O) groups excluding carboxylic acids is 3. The van der Waals surface area contributed by atoms with Crippen molar-refractivity contribution in [3.63, 3.8) is 0 Å². The van der Waals surface area contributed by atoms with E-state index < -0.39 is 51.2 Å². The molecule has 2 aromatic carbocycles. The van der Waals surface area contributed by atoms with E-state index in [1.54, 1.807) is 0 Å². The molecule has 15 heteroatoms. The molecule has 1 saturated heterocycles. The number of halogens is 3. The summed E-state index contributed by atoms with van der Waals surface area (Å²) in [5, 5.41) is 12.6. The van der Waals surface area contributed by atoms with Crippen molar-refractivity contribution in [1.82, 2.24) is 15.3 Å². The molecule has 38 heavy (non-hydrogen) atoms. The fraction of sp³-hybridized carbons (Fsp3) is 0.348. The molecule has 2 N–H and O–H groups in total. The van der Waals surface area contributed by atoms with Gasteiger partial charge in [-0.1, -0.05) is 12.1 Å². The number of hydrogen-bond donors (Lipinski definition) is 2. The van der Waals surface area contributed by atoms with E-state index in [0.29, 0.717) is 0 Å². The van der Waals surface area contributed by atoms with Crippen molar-refractivity contribution >= 4 is 28.2 Å². The average Bonchev–Trinajstić information content (AvgIpc) is 3.02. The Kier molecular flexibility index (Phi) is 8.21. The van der Waals surface area contributed by atoms with Gasteiger partial charge in [0.1, 0.15) is 27.7 Å². The van der Waals surface area contributed by atoms with Crippen molar-refractivity contribution in [2.75, 3.05) is 12.3 Å². The summed E-state index contributed by atoms with van der Waals surface area (Å²) >= 11 is 0. The van der Waals surface area contributed by atoms with Crippen LogP contribution in [0.3, 0.4) is 0 Å². The molecule has 1 atom stereocenters.